The molecule has 2 rings (SSSR count). The van der Waals surface area contributed by atoms with Gasteiger partial charge in [0.2, 0.25) is 0 Å². The van der Waals surface area contributed by atoms with Gasteiger partial charge in [0.15, 0.2) is 0 Å². The summed E-state index contributed by atoms with van der Waals surface area (Å²) in [5.41, 5.74) is 1.07. The molecule has 1 N–H and O–H groups in total. The fraction of sp³-hybridized carbons (Fsp3) is 0.300. The van der Waals surface area contributed by atoms with Crippen LogP contribution in [0.2, 0.25) is 0 Å². The molecule has 6 nitrogen and oxygen atoms in total. The zero-order valence-corrected chi connectivity index (χ0v) is 8.97. The molecule has 0 saturated heterocycles. The first-order valence-corrected chi connectivity index (χ1v) is 4.86. The third-order valence-electron chi connectivity index (χ3n) is 2.31. The van der Waals surface area contributed by atoms with E-state index in [-0.39, 0.29) is 5.56 Å². The third-order valence-corrected chi connectivity index (χ3v) is 2.31. The standard InChI is InChI=1S/C10H11N3O3/c1-3-13-5-7(4-11-13)9-8(10(14)15)6(2)16-12-9/h4-5H,3H2,1-2H3,(H,14,15). The molecule has 0 unspecified atom stereocenters. The van der Waals surface area contributed by atoms with Crippen molar-refractivity contribution in [3.05, 3.63) is 23.7 Å². The Hall–Kier alpha value is -2.11. The maximum absolute atomic E-state index is 11.0. The van der Waals surface area contributed by atoms with Crippen molar-refractivity contribution >= 4 is 5.97 Å². The molecule has 84 valence electrons. The summed E-state index contributed by atoms with van der Waals surface area (Å²) >= 11 is 0. The van der Waals surface area contributed by atoms with Gasteiger partial charge in [-0.2, -0.15) is 5.10 Å². The predicted molar refractivity (Wildman–Crippen MR) is 55.1 cm³/mol. The lowest BCUT2D eigenvalue weighted by atomic mass is 10.1. The molecule has 0 spiro atoms. The molecule has 0 bridgehead atoms. The van der Waals surface area contributed by atoms with E-state index in [1.54, 1.807) is 24.0 Å². The number of hydrogen-bond acceptors (Lipinski definition) is 4. The molecule has 0 radical (unpaired) electrons. The smallest absolute Gasteiger partial charge is 0.341 e. The highest BCUT2D eigenvalue weighted by Crippen LogP contribution is 2.24. The van der Waals surface area contributed by atoms with Gasteiger partial charge in [-0.3, -0.25) is 4.68 Å². The van der Waals surface area contributed by atoms with Crippen molar-refractivity contribution in [2.45, 2.75) is 20.4 Å². The number of carboxylic acid groups (broad SMARTS) is 1. The average Bonchev–Trinajstić information content (AvgIpc) is 2.82. The van der Waals surface area contributed by atoms with Crippen LogP contribution in [0.3, 0.4) is 0 Å². The zero-order chi connectivity index (χ0) is 11.7. The topological polar surface area (TPSA) is 81.2 Å². The number of hydrogen-bond donors (Lipinski definition) is 1. The summed E-state index contributed by atoms with van der Waals surface area (Å²) in [6, 6.07) is 0. The Bertz CT molecular complexity index is 527. The Morgan fingerprint density at radius 2 is 2.38 bits per heavy atom. The molecule has 2 heterocycles. The van der Waals surface area contributed by atoms with Crippen LogP contribution < -0.4 is 0 Å². The molecule has 0 aliphatic heterocycles. The molecular weight excluding hydrogens is 210 g/mol. The summed E-state index contributed by atoms with van der Waals surface area (Å²) < 4.78 is 6.59. The minimum atomic E-state index is -1.04. The van der Waals surface area contributed by atoms with E-state index in [0.29, 0.717) is 17.0 Å². The first-order valence-electron chi connectivity index (χ1n) is 4.86. The molecule has 0 aliphatic rings. The van der Waals surface area contributed by atoms with Gasteiger partial charge < -0.3 is 9.63 Å². The molecule has 0 atom stereocenters. The maximum atomic E-state index is 11.0. The second kappa shape index (κ2) is 3.80. The normalized spacial score (nSPS) is 10.6. The quantitative estimate of drug-likeness (QED) is 0.850. The monoisotopic (exact) mass is 221 g/mol. The van der Waals surface area contributed by atoms with Gasteiger partial charge in [0.1, 0.15) is 17.0 Å². The predicted octanol–water partition coefficient (Wildman–Crippen LogP) is 1.56. The van der Waals surface area contributed by atoms with E-state index in [1.807, 2.05) is 6.92 Å². The van der Waals surface area contributed by atoms with Crippen molar-refractivity contribution in [1.29, 1.82) is 0 Å². The number of carboxylic acids is 1. The van der Waals surface area contributed by atoms with Crippen LogP contribution in [0.15, 0.2) is 16.9 Å². The van der Waals surface area contributed by atoms with Gasteiger partial charge in [-0.25, -0.2) is 4.79 Å². The Morgan fingerprint density at radius 3 is 2.94 bits per heavy atom. The van der Waals surface area contributed by atoms with Crippen molar-refractivity contribution in [1.82, 2.24) is 14.9 Å². The van der Waals surface area contributed by atoms with E-state index in [9.17, 15) is 4.79 Å². The molecule has 0 amide bonds. The average molecular weight is 221 g/mol. The van der Waals surface area contributed by atoms with Gasteiger partial charge in [-0.1, -0.05) is 5.16 Å². The fourth-order valence-electron chi connectivity index (χ4n) is 1.48. The van der Waals surface area contributed by atoms with Gasteiger partial charge in [0.25, 0.3) is 0 Å². The Labute approximate surface area is 91.5 Å². The van der Waals surface area contributed by atoms with Crippen molar-refractivity contribution < 1.29 is 14.4 Å². The van der Waals surface area contributed by atoms with Crippen LogP contribution in [0.25, 0.3) is 11.3 Å². The largest absolute Gasteiger partial charge is 0.477 e. The van der Waals surface area contributed by atoms with Crippen LogP contribution in [0.4, 0.5) is 0 Å². The minimum Gasteiger partial charge on any atom is -0.477 e. The zero-order valence-electron chi connectivity index (χ0n) is 8.97. The highest BCUT2D eigenvalue weighted by atomic mass is 16.5. The van der Waals surface area contributed by atoms with Gasteiger partial charge in [-0.15, -0.1) is 0 Å². The molecule has 6 heteroatoms. The number of aromatic nitrogens is 3. The maximum Gasteiger partial charge on any atom is 0.341 e. The number of aromatic carboxylic acids is 1. The van der Waals surface area contributed by atoms with Crippen LogP contribution in [0.1, 0.15) is 23.0 Å². The van der Waals surface area contributed by atoms with E-state index in [4.69, 9.17) is 9.63 Å². The molecule has 2 aromatic heterocycles. The first kappa shape index (κ1) is 10.4. The van der Waals surface area contributed by atoms with E-state index in [1.165, 1.54) is 0 Å². The molecule has 0 fully saturated rings. The molecule has 0 saturated carbocycles. The van der Waals surface area contributed by atoms with Crippen molar-refractivity contribution in [3.63, 3.8) is 0 Å². The highest BCUT2D eigenvalue weighted by Gasteiger charge is 2.21. The summed E-state index contributed by atoms with van der Waals surface area (Å²) in [6.07, 6.45) is 3.32. The van der Waals surface area contributed by atoms with Crippen molar-refractivity contribution in [3.8, 4) is 11.3 Å². The number of rotatable bonds is 3. The summed E-state index contributed by atoms with van der Waals surface area (Å²) in [5, 5.41) is 16.8. The lowest BCUT2D eigenvalue weighted by Crippen LogP contribution is -1.98. The SMILES string of the molecule is CCn1cc(-c2noc(C)c2C(=O)O)cn1. The Balaban J connectivity index is 2.51. The summed E-state index contributed by atoms with van der Waals surface area (Å²) in [6.45, 7) is 4.24. The second-order valence-electron chi connectivity index (χ2n) is 3.35. The minimum absolute atomic E-state index is 0.0932. The van der Waals surface area contributed by atoms with Crippen LogP contribution in [-0.2, 0) is 6.54 Å². The van der Waals surface area contributed by atoms with Crippen molar-refractivity contribution in [2.24, 2.45) is 0 Å². The molecule has 0 aliphatic carbocycles. The van der Waals surface area contributed by atoms with Gasteiger partial charge in [0.05, 0.1) is 6.20 Å². The number of carbonyl (C=O) groups is 1. The Kier molecular flexibility index (Phi) is 2.47. The molecule has 16 heavy (non-hydrogen) atoms. The van der Waals surface area contributed by atoms with E-state index in [2.05, 4.69) is 10.3 Å². The fourth-order valence-corrected chi connectivity index (χ4v) is 1.48. The van der Waals surface area contributed by atoms with Gasteiger partial charge in [-0.05, 0) is 13.8 Å². The first-order chi connectivity index (χ1) is 7.63. The van der Waals surface area contributed by atoms with Gasteiger partial charge >= 0.3 is 5.97 Å². The van der Waals surface area contributed by atoms with Crippen LogP contribution in [-0.4, -0.2) is 26.0 Å². The van der Waals surface area contributed by atoms with E-state index < -0.39 is 5.97 Å². The second-order valence-corrected chi connectivity index (χ2v) is 3.35. The van der Waals surface area contributed by atoms with Crippen molar-refractivity contribution in [2.75, 3.05) is 0 Å². The highest BCUT2D eigenvalue weighted by molar-refractivity contribution is 5.95. The van der Waals surface area contributed by atoms with Crippen LogP contribution in [0, 0.1) is 6.92 Å². The summed E-state index contributed by atoms with van der Waals surface area (Å²) in [7, 11) is 0. The van der Waals surface area contributed by atoms with Crippen LogP contribution >= 0.6 is 0 Å². The molecule has 0 aromatic carbocycles. The lowest BCUT2D eigenvalue weighted by Gasteiger charge is -1.93. The summed E-state index contributed by atoms with van der Waals surface area (Å²) in [4.78, 5) is 11.0. The molecule has 2 aromatic rings. The molecular formula is C10H11N3O3. The van der Waals surface area contributed by atoms with Crippen LogP contribution in [0.5, 0.6) is 0 Å². The summed E-state index contributed by atoms with van der Waals surface area (Å²) in [5.74, 6) is -0.746. The van der Waals surface area contributed by atoms with E-state index in [0.717, 1.165) is 6.54 Å². The third kappa shape index (κ3) is 1.58. The van der Waals surface area contributed by atoms with Gasteiger partial charge in [0, 0.05) is 18.3 Å². The number of aryl methyl sites for hydroxylation is 2. The number of nitrogens with zero attached hydrogens (tertiary/aromatic N) is 3. The van der Waals surface area contributed by atoms with E-state index >= 15 is 0 Å². The Morgan fingerprint density at radius 1 is 1.62 bits per heavy atom. The lowest BCUT2D eigenvalue weighted by molar-refractivity contribution is 0.0696.